The SMILES string of the molecule is O=C(O[C@H]1C=C2c3cc4c(c(O)c3C(=O)N[C@H]2[C@H](O)[C@@H]1O)OCO4)c1ccccc1. The molecular formula is C21H17NO8. The van der Waals surface area contributed by atoms with Crippen LogP contribution in [0.25, 0.3) is 5.57 Å². The number of hydrogen-bond acceptors (Lipinski definition) is 8. The zero-order chi connectivity index (χ0) is 21.0. The number of benzene rings is 2. The molecule has 0 aromatic heterocycles. The Labute approximate surface area is 170 Å². The quantitative estimate of drug-likeness (QED) is 0.527. The van der Waals surface area contributed by atoms with Crippen molar-refractivity contribution in [3.8, 4) is 17.2 Å². The summed E-state index contributed by atoms with van der Waals surface area (Å²) in [6, 6.07) is 8.81. The molecule has 1 aliphatic carbocycles. The van der Waals surface area contributed by atoms with Crippen molar-refractivity contribution >= 4 is 17.4 Å². The van der Waals surface area contributed by atoms with Gasteiger partial charge in [0.15, 0.2) is 11.5 Å². The van der Waals surface area contributed by atoms with Crippen LogP contribution in [0.3, 0.4) is 0 Å². The molecule has 30 heavy (non-hydrogen) atoms. The lowest BCUT2D eigenvalue weighted by Gasteiger charge is -2.40. The van der Waals surface area contributed by atoms with Crippen molar-refractivity contribution in [2.45, 2.75) is 24.4 Å². The van der Waals surface area contributed by atoms with E-state index in [1.54, 1.807) is 30.3 Å². The van der Waals surface area contributed by atoms with Crippen LogP contribution >= 0.6 is 0 Å². The summed E-state index contributed by atoms with van der Waals surface area (Å²) in [5, 5.41) is 34.2. The van der Waals surface area contributed by atoms with Gasteiger partial charge in [-0.3, -0.25) is 4.79 Å². The number of rotatable bonds is 2. The summed E-state index contributed by atoms with van der Waals surface area (Å²) in [4.78, 5) is 25.0. The molecule has 2 heterocycles. The van der Waals surface area contributed by atoms with Crippen molar-refractivity contribution in [2.75, 3.05) is 6.79 Å². The number of nitrogens with one attached hydrogen (secondary N) is 1. The molecule has 4 N–H and O–H groups in total. The Morgan fingerprint density at radius 3 is 2.67 bits per heavy atom. The number of fused-ring (bicyclic) bond motifs is 4. The minimum Gasteiger partial charge on any atom is -0.504 e. The fraction of sp³-hybridized carbons (Fsp3) is 0.238. The van der Waals surface area contributed by atoms with Crippen molar-refractivity contribution in [3.63, 3.8) is 0 Å². The van der Waals surface area contributed by atoms with Gasteiger partial charge in [0, 0.05) is 5.56 Å². The van der Waals surface area contributed by atoms with Gasteiger partial charge in [-0.05, 0) is 29.8 Å². The monoisotopic (exact) mass is 411 g/mol. The molecule has 9 heteroatoms. The molecule has 0 spiro atoms. The Morgan fingerprint density at radius 1 is 1.13 bits per heavy atom. The molecule has 0 unspecified atom stereocenters. The second-order valence-corrected chi connectivity index (χ2v) is 7.17. The first-order chi connectivity index (χ1) is 14.5. The van der Waals surface area contributed by atoms with Gasteiger partial charge < -0.3 is 34.8 Å². The number of amides is 1. The highest BCUT2D eigenvalue weighted by Gasteiger charge is 2.46. The van der Waals surface area contributed by atoms with Crippen molar-refractivity contribution in [1.82, 2.24) is 5.32 Å². The molecule has 0 saturated heterocycles. The molecule has 2 aromatic rings. The standard InChI is InChI=1S/C21H17NO8/c23-16-12(30-21(27)9-4-2-1-3-5-9)7-11-10-6-13-19(29-8-28-13)17(24)14(10)20(26)22-15(11)18(16)25/h1-7,12,15-16,18,23-25H,8H2,(H,22,26)/t12-,15+,16+,18-/m0/s1. The lowest BCUT2D eigenvalue weighted by Crippen LogP contribution is -2.57. The van der Waals surface area contributed by atoms with Crippen LogP contribution in [-0.2, 0) is 4.74 Å². The van der Waals surface area contributed by atoms with E-state index in [1.165, 1.54) is 12.1 Å². The van der Waals surface area contributed by atoms with Gasteiger partial charge in [-0.15, -0.1) is 0 Å². The van der Waals surface area contributed by atoms with Crippen LogP contribution in [0.15, 0.2) is 42.5 Å². The third-order valence-electron chi connectivity index (χ3n) is 5.42. The lowest BCUT2D eigenvalue weighted by atomic mass is 9.79. The number of carbonyl (C=O) groups excluding carboxylic acids is 2. The summed E-state index contributed by atoms with van der Waals surface area (Å²) in [6.07, 6.45) is -2.61. The van der Waals surface area contributed by atoms with E-state index in [4.69, 9.17) is 14.2 Å². The van der Waals surface area contributed by atoms with Gasteiger partial charge in [0.25, 0.3) is 5.91 Å². The van der Waals surface area contributed by atoms with Gasteiger partial charge in [0.05, 0.1) is 17.2 Å². The van der Waals surface area contributed by atoms with Gasteiger partial charge >= 0.3 is 5.97 Å². The average Bonchev–Trinajstić information content (AvgIpc) is 3.22. The Bertz CT molecular complexity index is 1080. The van der Waals surface area contributed by atoms with Gasteiger partial charge in [-0.2, -0.15) is 0 Å². The first kappa shape index (κ1) is 18.5. The Balaban J connectivity index is 1.57. The lowest BCUT2D eigenvalue weighted by molar-refractivity contribution is -0.0635. The van der Waals surface area contributed by atoms with Crippen molar-refractivity contribution < 1.29 is 39.1 Å². The van der Waals surface area contributed by atoms with Crippen LogP contribution in [0.5, 0.6) is 17.2 Å². The molecule has 9 nitrogen and oxygen atoms in total. The number of ether oxygens (including phenoxy) is 3. The molecule has 0 bridgehead atoms. The Morgan fingerprint density at radius 2 is 1.90 bits per heavy atom. The number of aliphatic hydroxyl groups excluding tert-OH is 2. The van der Waals surface area contributed by atoms with Crippen LogP contribution in [0.2, 0.25) is 0 Å². The smallest absolute Gasteiger partial charge is 0.338 e. The maximum Gasteiger partial charge on any atom is 0.338 e. The third-order valence-corrected chi connectivity index (χ3v) is 5.42. The van der Waals surface area contributed by atoms with Crippen LogP contribution in [0.4, 0.5) is 0 Å². The van der Waals surface area contributed by atoms with E-state index in [2.05, 4.69) is 5.32 Å². The molecule has 2 aliphatic heterocycles. The van der Waals surface area contributed by atoms with Crippen LogP contribution in [-0.4, -0.2) is 58.3 Å². The van der Waals surface area contributed by atoms with E-state index in [1.807, 2.05) is 0 Å². The number of aliphatic hydroxyl groups is 2. The minimum absolute atomic E-state index is 0.0431. The topological polar surface area (TPSA) is 135 Å². The van der Waals surface area contributed by atoms with Crippen LogP contribution in [0.1, 0.15) is 26.3 Å². The van der Waals surface area contributed by atoms with Crippen LogP contribution < -0.4 is 14.8 Å². The molecular weight excluding hydrogens is 394 g/mol. The summed E-state index contributed by atoms with van der Waals surface area (Å²) < 4.78 is 15.9. The Hall–Kier alpha value is -3.56. The van der Waals surface area contributed by atoms with E-state index in [-0.39, 0.29) is 35.2 Å². The van der Waals surface area contributed by atoms with E-state index in [0.717, 1.165) is 0 Å². The van der Waals surface area contributed by atoms with E-state index in [0.29, 0.717) is 11.1 Å². The maximum absolute atomic E-state index is 12.6. The highest BCUT2D eigenvalue weighted by Crippen LogP contribution is 2.48. The number of phenolic OH excluding ortho intramolecular Hbond substituents is 1. The van der Waals surface area contributed by atoms with Crippen molar-refractivity contribution in [1.29, 1.82) is 0 Å². The van der Waals surface area contributed by atoms with Gasteiger partial charge in [0.1, 0.15) is 18.3 Å². The summed E-state index contributed by atoms with van der Waals surface area (Å²) in [6.45, 7) is -0.103. The summed E-state index contributed by atoms with van der Waals surface area (Å²) >= 11 is 0. The normalized spacial score (nSPS) is 26.2. The third kappa shape index (κ3) is 2.71. The van der Waals surface area contributed by atoms with Gasteiger partial charge in [-0.25, -0.2) is 4.79 Å². The largest absolute Gasteiger partial charge is 0.504 e. The average molecular weight is 411 g/mol. The first-order valence-corrected chi connectivity index (χ1v) is 9.26. The summed E-state index contributed by atoms with van der Waals surface area (Å²) in [5.41, 5.74) is 0.940. The molecule has 0 saturated carbocycles. The Kier molecular flexibility index (Phi) is 4.16. The fourth-order valence-corrected chi connectivity index (χ4v) is 3.94. The predicted molar refractivity (Wildman–Crippen MR) is 101 cm³/mol. The molecule has 5 rings (SSSR count). The molecule has 3 aliphatic rings. The zero-order valence-electron chi connectivity index (χ0n) is 15.4. The number of phenols is 1. The maximum atomic E-state index is 12.6. The summed E-state index contributed by atoms with van der Waals surface area (Å²) in [7, 11) is 0. The highest BCUT2D eigenvalue weighted by atomic mass is 16.7. The van der Waals surface area contributed by atoms with Crippen molar-refractivity contribution in [3.05, 3.63) is 59.2 Å². The van der Waals surface area contributed by atoms with E-state index >= 15 is 0 Å². The molecule has 0 radical (unpaired) electrons. The number of aromatic hydroxyl groups is 1. The van der Waals surface area contributed by atoms with E-state index < -0.39 is 36.2 Å². The number of esters is 1. The second-order valence-electron chi connectivity index (χ2n) is 7.17. The van der Waals surface area contributed by atoms with E-state index in [9.17, 15) is 24.9 Å². The van der Waals surface area contributed by atoms with Gasteiger partial charge in [0.2, 0.25) is 12.5 Å². The van der Waals surface area contributed by atoms with Gasteiger partial charge in [-0.1, -0.05) is 18.2 Å². The first-order valence-electron chi connectivity index (χ1n) is 9.26. The van der Waals surface area contributed by atoms with Crippen molar-refractivity contribution in [2.24, 2.45) is 0 Å². The molecule has 4 atom stereocenters. The predicted octanol–water partition coefficient (Wildman–Crippen LogP) is 0.577. The number of carbonyl (C=O) groups is 2. The molecule has 0 fully saturated rings. The van der Waals surface area contributed by atoms with Crippen LogP contribution in [0, 0.1) is 0 Å². The zero-order valence-corrected chi connectivity index (χ0v) is 15.4. The highest BCUT2D eigenvalue weighted by molar-refractivity contribution is 6.07. The number of hydrogen-bond donors (Lipinski definition) is 4. The molecule has 154 valence electrons. The second kappa shape index (κ2) is 6.75. The minimum atomic E-state index is -1.46. The molecule has 1 amide bonds. The summed E-state index contributed by atoms with van der Waals surface area (Å²) in [5.74, 6) is -1.37. The fourth-order valence-electron chi connectivity index (χ4n) is 3.94. The molecule has 2 aromatic carbocycles.